The molecule has 1 aromatic carbocycles. The average Bonchev–Trinajstić information content (AvgIpc) is 2.54. The number of rotatable bonds is 7. The molecule has 0 spiro atoms. The Morgan fingerprint density at radius 3 is 2.00 bits per heavy atom. The summed E-state index contributed by atoms with van der Waals surface area (Å²) in [6.07, 6.45) is 5.56. The van der Waals surface area contributed by atoms with Gasteiger partial charge in [-0.25, -0.2) is 0 Å². The fourth-order valence-electron chi connectivity index (χ4n) is 2.25. The molecule has 0 aliphatic heterocycles. The molecule has 118 valence electrons. The quantitative estimate of drug-likeness (QED) is 0.341. The minimum absolute atomic E-state index is 0.973. The van der Waals surface area contributed by atoms with Crippen LogP contribution in [0, 0.1) is 6.92 Å². The molecule has 0 atom stereocenters. The third kappa shape index (κ3) is 7.73. The molecule has 2 N–H and O–H groups in total. The highest BCUT2D eigenvalue weighted by Crippen LogP contribution is 2.09. The van der Waals surface area contributed by atoms with Gasteiger partial charge in [-0.15, -0.1) is 0 Å². The third-order valence-electron chi connectivity index (χ3n) is 3.46. The summed E-state index contributed by atoms with van der Waals surface area (Å²) in [5.74, 6) is 0. The Hall–Kier alpha value is -1.52. The van der Waals surface area contributed by atoms with Gasteiger partial charge in [0.1, 0.15) is 0 Å². The number of hydrogen-bond acceptors (Lipinski definition) is 4. The SMILES string of the molecule is CCC(=NC)C(CCCCc1ccc(C)cc1)=NC.OO. The first-order chi connectivity index (χ1) is 10.2. The standard InChI is InChI=1S/C17H26N2.H2O2/c1-5-16(18-3)17(19-4)9-7-6-8-15-12-10-14(2)11-13-15;1-2/h10-13H,5-9H2,1-4H3;1-2H. The van der Waals surface area contributed by atoms with E-state index in [0.29, 0.717) is 0 Å². The van der Waals surface area contributed by atoms with Gasteiger partial charge in [-0.05, 0) is 44.6 Å². The molecule has 0 unspecified atom stereocenters. The zero-order valence-corrected chi connectivity index (χ0v) is 13.6. The molecule has 0 aliphatic carbocycles. The van der Waals surface area contributed by atoms with E-state index in [4.69, 9.17) is 10.5 Å². The second-order valence-corrected chi connectivity index (χ2v) is 4.89. The maximum Gasteiger partial charge on any atom is 0.0554 e. The van der Waals surface area contributed by atoms with Crippen molar-refractivity contribution in [2.75, 3.05) is 14.1 Å². The highest BCUT2D eigenvalue weighted by atomic mass is 17.0. The van der Waals surface area contributed by atoms with Crippen LogP contribution in [0.2, 0.25) is 0 Å². The van der Waals surface area contributed by atoms with E-state index in [1.807, 2.05) is 14.1 Å². The first-order valence-corrected chi connectivity index (χ1v) is 7.38. The van der Waals surface area contributed by atoms with E-state index in [9.17, 15) is 0 Å². The lowest BCUT2D eigenvalue weighted by Crippen LogP contribution is -2.13. The van der Waals surface area contributed by atoms with Crippen LogP contribution in [-0.4, -0.2) is 36.0 Å². The maximum atomic E-state index is 6.00. The Bertz CT molecular complexity index is 437. The fourth-order valence-corrected chi connectivity index (χ4v) is 2.25. The van der Waals surface area contributed by atoms with Crippen LogP contribution in [0.1, 0.15) is 43.7 Å². The van der Waals surface area contributed by atoms with E-state index in [1.54, 1.807) is 0 Å². The van der Waals surface area contributed by atoms with Crippen LogP contribution < -0.4 is 0 Å². The first kappa shape index (κ1) is 19.5. The molecule has 0 radical (unpaired) electrons. The van der Waals surface area contributed by atoms with E-state index in [1.165, 1.54) is 29.7 Å². The number of hydrogen-bond donors (Lipinski definition) is 2. The maximum absolute atomic E-state index is 6.00. The molecule has 0 bridgehead atoms. The fraction of sp³-hybridized carbons (Fsp3) is 0.529. The molecule has 0 aliphatic rings. The van der Waals surface area contributed by atoms with Crippen LogP contribution >= 0.6 is 0 Å². The highest BCUT2D eigenvalue weighted by Gasteiger charge is 2.05. The number of unbranched alkanes of at least 4 members (excludes halogenated alkanes) is 1. The molecule has 21 heavy (non-hydrogen) atoms. The van der Waals surface area contributed by atoms with Crippen molar-refractivity contribution in [3.8, 4) is 0 Å². The van der Waals surface area contributed by atoms with Gasteiger partial charge in [-0.3, -0.25) is 20.5 Å². The normalized spacial score (nSPS) is 11.9. The van der Waals surface area contributed by atoms with E-state index in [0.717, 1.165) is 25.0 Å². The Kier molecular flexibility index (Phi) is 11.4. The smallest absolute Gasteiger partial charge is 0.0554 e. The van der Waals surface area contributed by atoms with E-state index < -0.39 is 0 Å². The highest BCUT2D eigenvalue weighted by molar-refractivity contribution is 6.42. The van der Waals surface area contributed by atoms with Crippen LogP contribution in [0.5, 0.6) is 0 Å². The second kappa shape index (κ2) is 12.2. The molecular weight excluding hydrogens is 264 g/mol. The largest absolute Gasteiger partial charge is 0.291 e. The molecule has 0 fully saturated rings. The van der Waals surface area contributed by atoms with E-state index in [2.05, 4.69) is 48.1 Å². The van der Waals surface area contributed by atoms with Crippen molar-refractivity contribution in [3.05, 3.63) is 35.4 Å². The van der Waals surface area contributed by atoms with Crippen molar-refractivity contribution in [1.29, 1.82) is 0 Å². The Morgan fingerprint density at radius 2 is 1.52 bits per heavy atom. The zero-order chi connectivity index (χ0) is 16.1. The van der Waals surface area contributed by atoms with Crippen LogP contribution in [0.3, 0.4) is 0 Å². The molecule has 0 heterocycles. The number of aryl methyl sites for hydroxylation is 2. The third-order valence-corrected chi connectivity index (χ3v) is 3.46. The predicted molar refractivity (Wildman–Crippen MR) is 91.0 cm³/mol. The molecule has 0 aromatic heterocycles. The van der Waals surface area contributed by atoms with Gasteiger partial charge < -0.3 is 0 Å². The summed E-state index contributed by atoms with van der Waals surface area (Å²) in [5, 5.41) is 12.0. The Labute approximate surface area is 128 Å². The molecule has 1 rings (SSSR count). The zero-order valence-electron chi connectivity index (χ0n) is 13.6. The summed E-state index contributed by atoms with van der Waals surface area (Å²) in [4.78, 5) is 8.68. The Balaban J connectivity index is 0.00000191. The average molecular weight is 292 g/mol. The summed E-state index contributed by atoms with van der Waals surface area (Å²) in [6.45, 7) is 4.27. The van der Waals surface area contributed by atoms with Gasteiger partial charge in [0.15, 0.2) is 0 Å². The van der Waals surface area contributed by atoms with Crippen molar-refractivity contribution in [3.63, 3.8) is 0 Å². The van der Waals surface area contributed by atoms with Gasteiger partial charge >= 0.3 is 0 Å². The summed E-state index contributed by atoms with van der Waals surface area (Å²) < 4.78 is 0. The summed E-state index contributed by atoms with van der Waals surface area (Å²) in [5.41, 5.74) is 5.09. The lowest BCUT2D eigenvalue weighted by atomic mass is 10.0. The van der Waals surface area contributed by atoms with Gasteiger partial charge in [0.2, 0.25) is 0 Å². The summed E-state index contributed by atoms with van der Waals surface area (Å²) >= 11 is 0. The van der Waals surface area contributed by atoms with E-state index >= 15 is 0 Å². The van der Waals surface area contributed by atoms with E-state index in [-0.39, 0.29) is 0 Å². The number of nitrogens with zero attached hydrogens (tertiary/aromatic N) is 2. The molecule has 0 amide bonds. The number of aliphatic imine (C=N–C) groups is 2. The van der Waals surface area contributed by atoms with Crippen LogP contribution in [0.15, 0.2) is 34.3 Å². The molecule has 4 nitrogen and oxygen atoms in total. The van der Waals surface area contributed by atoms with Crippen molar-refractivity contribution in [2.45, 2.75) is 46.0 Å². The van der Waals surface area contributed by atoms with Gasteiger partial charge in [0.25, 0.3) is 0 Å². The number of benzene rings is 1. The lowest BCUT2D eigenvalue weighted by molar-refractivity contribution is -0.176. The van der Waals surface area contributed by atoms with Crippen molar-refractivity contribution >= 4 is 11.4 Å². The summed E-state index contributed by atoms with van der Waals surface area (Å²) in [6, 6.07) is 8.84. The predicted octanol–water partition coefficient (Wildman–Crippen LogP) is 4.28. The van der Waals surface area contributed by atoms with Crippen molar-refractivity contribution in [1.82, 2.24) is 0 Å². The molecule has 4 heteroatoms. The van der Waals surface area contributed by atoms with Gasteiger partial charge in [-0.2, -0.15) is 0 Å². The second-order valence-electron chi connectivity index (χ2n) is 4.89. The van der Waals surface area contributed by atoms with Crippen LogP contribution in [0.4, 0.5) is 0 Å². The topological polar surface area (TPSA) is 65.2 Å². The minimum atomic E-state index is 0.973. The lowest BCUT2D eigenvalue weighted by Gasteiger charge is -2.07. The monoisotopic (exact) mass is 292 g/mol. The van der Waals surface area contributed by atoms with Crippen LogP contribution in [-0.2, 0) is 6.42 Å². The molecule has 0 saturated heterocycles. The van der Waals surface area contributed by atoms with Crippen molar-refractivity contribution < 1.29 is 10.5 Å². The van der Waals surface area contributed by atoms with Gasteiger partial charge in [-0.1, -0.05) is 36.8 Å². The van der Waals surface area contributed by atoms with Gasteiger partial charge in [0.05, 0.1) is 11.4 Å². The molecule has 0 saturated carbocycles. The minimum Gasteiger partial charge on any atom is -0.291 e. The first-order valence-electron chi connectivity index (χ1n) is 7.38. The molecule has 1 aromatic rings. The Morgan fingerprint density at radius 1 is 0.952 bits per heavy atom. The molecular formula is C17H28N2O2. The van der Waals surface area contributed by atoms with Gasteiger partial charge in [0, 0.05) is 14.1 Å². The van der Waals surface area contributed by atoms with Crippen molar-refractivity contribution in [2.24, 2.45) is 9.98 Å². The summed E-state index contributed by atoms with van der Waals surface area (Å²) in [7, 11) is 3.73. The van der Waals surface area contributed by atoms with Crippen LogP contribution in [0.25, 0.3) is 0 Å².